The standard InChI is InChI=1S/C17H19N3O3S/c1-12(2)14-5-3-4-6-15(14)18-17(21)13-7-8-16-19-24(22,23)10-9-20(16)11-13/h3-8,11-12H,9-10H2,1-2H3,(H,18,21). The van der Waals surface area contributed by atoms with Crippen LogP contribution in [-0.2, 0) is 14.8 Å². The van der Waals surface area contributed by atoms with Gasteiger partial charge in [0.25, 0.3) is 15.9 Å². The Balaban J connectivity index is 1.81. The molecule has 1 amide bonds. The summed E-state index contributed by atoms with van der Waals surface area (Å²) in [5.41, 5.74) is 2.32. The van der Waals surface area contributed by atoms with Crippen molar-refractivity contribution < 1.29 is 13.2 Å². The van der Waals surface area contributed by atoms with Gasteiger partial charge in [-0.25, -0.2) is 8.42 Å². The van der Waals surface area contributed by atoms with E-state index in [-0.39, 0.29) is 11.7 Å². The van der Waals surface area contributed by atoms with Crippen LogP contribution in [0, 0.1) is 0 Å². The molecule has 2 aliphatic rings. The van der Waals surface area contributed by atoms with Gasteiger partial charge in [0.05, 0.1) is 11.3 Å². The number of nitrogens with zero attached hydrogens (tertiary/aromatic N) is 2. The van der Waals surface area contributed by atoms with Gasteiger partial charge >= 0.3 is 0 Å². The molecule has 0 atom stereocenters. The van der Waals surface area contributed by atoms with Crippen LogP contribution in [0.5, 0.6) is 0 Å². The summed E-state index contributed by atoms with van der Waals surface area (Å²) in [5.74, 6) is 0.363. The third kappa shape index (κ3) is 3.41. The Morgan fingerprint density at radius 3 is 2.75 bits per heavy atom. The molecule has 1 aromatic carbocycles. The van der Waals surface area contributed by atoms with Gasteiger partial charge in [0, 0.05) is 18.4 Å². The van der Waals surface area contributed by atoms with Crippen molar-refractivity contribution in [3.05, 3.63) is 53.8 Å². The van der Waals surface area contributed by atoms with E-state index in [2.05, 4.69) is 23.6 Å². The summed E-state index contributed by atoms with van der Waals surface area (Å²) in [4.78, 5) is 14.2. The Morgan fingerprint density at radius 1 is 1.25 bits per heavy atom. The highest BCUT2D eigenvalue weighted by Gasteiger charge is 2.25. The molecule has 1 aromatic rings. The van der Waals surface area contributed by atoms with Crippen molar-refractivity contribution in [2.45, 2.75) is 19.8 Å². The van der Waals surface area contributed by atoms with Gasteiger partial charge in [-0.3, -0.25) is 4.79 Å². The van der Waals surface area contributed by atoms with Crippen molar-refractivity contribution in [3.8, 4) is 0 Å². The fourth-order valence-electron chi connectivity index (χ4n) is 2.64. The Kier molecular flexibility index (Phi) is 4.28. The number of hydrogen-bond donors (Lipinski definition) is 1. The van der Waals surface area contributed by atoms with Crippen LogP contribution in [0.1, 0.15) is 25.3 Å². The number of amides is 1. The van der Waals surface area contributed by atoms with Crippen molar-refractivity contribution in [1.29, 1.82) is 0 Å². The minimum absolute atomic E-state index is 0.0497. The van der Waals surface area contributed by atoms with Crippen molar-refractivity contribution in [1.82, 2.24) is 4.90 Å². The molecule has 0 fully saturated rings. The molecule has 0 radical (unpaired) electrons. The SMILES string of the molecule is CC(C)c1ccccc1NC(=O)C1=CN2CCS(=O)(=O)N=C2C=C1. The van der Waals surface area contributed by atoms with Crippen LogP contribution in [-0.4, -0.2) is 37.4 Å². The third-order valence-electron chi connectivity index (χ3n) is 3.92. The number of anilines is 1. The summed E-state index contributed by atoms with van der Waals surface area (Å²) in [6, 6.07) is 7.70. The molecule has 1 N–H and O–H groups in total. The molecular formula is C17H19N3O3S. The van der Waals surface area contributed by atoms with Crippen LogP contribution in [0.2, 0.25) is 0 Å². The number of carbonyl (C=O) groups excluding carboxylic acids is 1. The molecule has 0 unspecified atom stereocenters. The van der Waals surface area contributed by atoms with Gasteiger partial charge in [0.15, 0.2) is 0 Å². The quantitative estimate of drug-likeness (QED) is 0.911. The van der Waals surface area contributed by atoms with E-state index in [1.807, 2.05) is 24.3 Å². The molecular weight excluding hydrogens is 326 g/mol. The lowest BCUT2D eigenvalue weighted by atomic mass is 10.0. The van der Waals surface area contributed by atoms with E-state index in [1.165, 1.54) is 0 Å². The molecule has 0 spiro atoms. The molecule has 0 saturated heterocycles. The lowest BCUT2D eigenvalue weighted by Gasteiger charge is -2.27. The summed E-state index contributed by atoms with van der Waals surface area (Å²) in [6.45, 7) is 4.44. The van der Waals surface area contributed by atoms with Crippen molar-refractivity contribution in [2.75, 3.05) is 17.6 Å². The van der Waals surface area contributed by atoms with Gasteiger partial charge in [-0.15, -0.1) is 4.40 Å². The highest BCUT2D eigenvalue weighted by atomic mass is 32.2. The second-order valence-electron chi connectivity index (χ2n) is 6.04. The minimum Gasteiger partial charge on any atom is -0.330 e. The minimum atomic E-state index is -3.39. The highest BCUT2D eigenvalue weighted by molar-refractivity contribution is 7.90. The number of carbonyl (C=O) groups is 1. The smallest absolute Gasteiger partial charge is 0.257 e. The third-order valence-corrected chi connectivity index (χ3v) is 5.08. The van der Waals surface area contributed by atoms with E-state index in [9.17, 15) is 13.2 Å². The van der Waals surface area contributed by atoms with Crippen LogP contribution in [0.3, 0.4) is 0 Å². The average molecular weight is 345 g/mol. The normalized spacial score (nSPS) is 18.7. The number of benzene rings is 1. The summed E-state index contributed by atoms with van der Waals surface area (Å²) in [5, 5.41) is 2.93. The maximum atomic E-state index is 12.5. The fourth-order valence-corrected chi connectivity index (χ4v) is 3.61. The van der Waals surface area contributed by atoms with Crippen LogP contribution < -0.4 is 5.32 Å². The van der Waals surface area contributed by atoms with Gasteiger partial charge in [-0.1, -0.05) is 32.0 Å². The van der Waals surface area contributed by atoms with E-state index in [0.29, 0.717) is 23.9 Å². The number of rotatable bonds is 3. The zero-order valence-corrected chi connectivity index (χ0v) is 14.4. The maximum Gasteiger partial charge on any atom is 0.257 e. The molecule has 6 nitrogen and oxygen atoms in total. The molecule has 7 heteroatoms. The van der Waals surface area contributed by atoms with Crippen molar-refractivity contribution >= 4 is 27.5 Å². The topological polar surface area (TPSA) is 78.8 Å². The average Bonchev–Trinajstić information content (AvgIpc) is 2.53. The molecule has 2 heterocycles. The number of nitrogens with one attached hydrogen (secondary N) is 1. The molecule has 2 aliphatic heterocycles. The highest BCUT2D eigenvalue weighted by Crippen LogP contribution is 2.25. The van der Waals surface area contributed by atoms with Crippen LogP contribution in [0.4, 0.5) is 5.69 Å². The van der Waals surface area contributed by atoms with Gasteiger partial charge < -0.3 is 10.2 Å². The molecule has 24 heavy (non-hydrogen) atoms. The molecule has 3 rings (SSSR count). The molecule has 0 aromatic heterocycles. The lowest BCUT2D eigenvalue weighted by Crippen LogP contribution is -2.37. The number of para-hydroxylation sites is 1. The number of sulfonamides is 1. The fraction of sp³-hybridized carbons (Fsp3) is 0.294. The van der Waals surface area contributed by atoms with E-state index in [0.717, 1.165) is 11.3 Å². The van der Waals surface area contributed by atoms with Crippen molar-refractivity contribution in [2.24, 2.45) is 4.40 Å². The van der Waals surface area contributed by atoms with Crippen LogP contribution in [0.15, 0.2) is 52.6 Å². The predicted octanol–water partition coefficient (Wildman–Crippen LogP) is 2.25. The Hall–Kier alpha value is -2.41. The zero-order valence-electron chi connectivity index (χ0n) is 13.6. The van der Waals surface area contributed by atoms with Crippen LogP contribution >= 0.6 is 0 Å². The predicted molar refractivity (Wildman–Crippen MR) is 94.3 cm³/mol. The number of hydrogen-bond acceptors (Lipinski definition) is 4. The molecule has 0 aliphatic carbocycles. The molecule has 126 valence electrons. The van der Waals surface area contributed by atoms with Gasteiger partial charge in [-0.2, -0.15) is 0 Å². The summed E-state index contributed by atoms with van der Waals surface area (Å²) >= 11 is 0. The molecule has 0 saturated carbocycles. The lowest BCUT2D eigenvalue weighted by molar-refractivity contribution is -0.112. The summed E-state index contributed by atoms with van der Waals surface area (Å²) < 4.78 is 26.7. The number of fused-ring (bicyclic) bond motifs is 1. The summed E-state index contributed by atoms with van der Waals surface area (Å²) in [7, 11) is -3.39. The van der Waals surface area contributed by atoms with E-state index >= 15 is 0 Å². The first-order valence-corrected chi connectivity index (χ1v) is 9.36. The molecule has 0 bridgehead atoms. The van der Waals surface area contributed by atoms with Crippen LogP contribution in [0.25, 0.3) is 0 Å². The first-order valence-electron chi connectivity index (χ1n) is 7.75. The van der Waals surface area contributed by atoms with E-state index < -0.39 is 10.0 Å². The Morgan fingerprint density at radius 2 is 2.00 bits per heavy atom. The van der Waals surface area contributed by atoms with E-state index in [4.69, 9.17) is 0 Å². The van der Waals surface area contributed by atoms with Gasteiger partial charge in [0.2, 0.25) is 0 Å². The Labute approximate surface area is 141 Å². The first kappa shape index (κ1) is 16.4. The van der Waals surface area contributed by atoms with Gasteiger partial charge in [0.1, 0.15) is 5.84 Å². The monoisotopic (exact) mass is 345 g/mol. The maximum absolute atomic E-state index is 12.5. The largest absolute Gasteiger partial charge is 0.330 e. The number of amidine groups is 1. The summed E-state index contributed by atoms with van der Waals surface area (Å²) in [6.07, 6.45) is 4.78. The Bertz CT molecular complexity index is 867. The zero-order chi connectivity index (χ0) is 17.3. The first-order chi connectivity index (χ1) is 11.4. The second-order valence-corrected chi connectivity index (χ2v) is 7.80. The van der Waals surface area contributed by atoms with Gasteiger partial charge in [-0.05, 0) is 29.7 Å². The van der Waals surface area contributed by atoms with E-state index in [1.54, 1.807) is 23.3 Å². The van der Waals surface area contributed by atoms with Crippen molar-refractivity contribution in [3.63, 3.8) is 0 Å². The second kappa shape index (κ2) is 6.24.